The molecule has 0 saturated heterocycles. The van der Waals surface area contributed by atoms with Crippen LogP contribution in [0.5, 0.6) is 0 Å². The third-order valence-electron chi connectivity index (χ3n) is 4.09. The van der Waals surface area contributed by atoms with E-state index < -0.39 is 0 Å². The maximum absolute atomic E-state index is 7.08. The maximum atomic E-state index is 7.08. The van der Waals surface area contributed by atoms with E-state index in [0.717, 1.165) is 12.8 Å². The van der Waals surface area contributed by atoms with Crippen molar-refractivity contribution in [2.45, 2.75) is 103 Å². The van der Waals surface area contributed by atoms with E-state index in [1.165, 1.54) is 89.9 Å². The molecular weight excluding hydrogens is 300 g/mol. The molecule has 0 amide bonds. The Morgan fingerprint density at radius 2 is 0.870 bits per heavy atom. The Kier molecular flexibility index (Phi) is 36.5. The molecule has 0 aliphatic rings. The van der Waals surface area contributed by atoms with E-state index in [-0.39, 0.29) is 59.1 Å². The van der Waals surface area contributed by atoms with Crippen LogP contribution < -0.4 is 59.1 Å². The fraction of sp³-hybridized carbons (Fsp3) is 0.850. The summed E-state index contributed by atoms with van der Waals surface area (Å²) in [4.78, 5) is 0. The van der Waals surface area contributed by atoms with Gasteiger partial charge in [-0.05, 0) is 25.7 Å². The molecule has 0 atom stereocenters. The van der Waals surface area contributed by atoms with Gasteiger partial charge in [0.05, 0.1) is 0 Å². The van der Waals surface area contributed by atoms with E-state index in [9.17, 15) is 0 Å². The van der Waals surface area contributed by atoms with Crippen molar-refractivity contribution < 1.29 is 59.1 Å². The van der Waals surface area contributed by atoms with Crippen LogP contribution in [-0.2, 0) is 0 Å². The molecule has 0 rings (SSSR count). The monoisotopic (exact) mass is 339 g/mol. The van der Waals surface area contributed by atoms with Crippen molar-refractivity contribution in [2.24, 2.45) is 0 Å². The minimum atomic E-state index is 0. The van der Waals surface area contributed by atoms with Crippen molar-refractivity contribution in [3.8, 4) is 0 Å². The summed E-state index contributed by atoms with van der Waals surface area (Å²) in [6.07, 6.45) is 25.9. The van der Waals surface area contributed by atoms with Gasteiger partial charge in [0.2, 0.25) is 0 Å². The standard InChI is InChI=1S/C20H39N.2Na/c1-2-3-4-5-6-7-8-9-10-11-12-13-14-15-16-17-18-19-20-21;;/h11-12,21H,1-10,13-20H2;;/q-2;2*+1/b12-11-;;. The minimum Gasteiger partial charge on any atom is -0.677 e. The van der Waals surface area contributed by atoms with Crippen molar-refractivity contribution >= 4 is 0 Å². The first-order chi connectivity index (χ1) is 10.4. The Morgan fingerprint density at radius 1 is 0.522 bits per heavy atom. The maximum Gasteiger partial charge on any atom is 1.00 e. The number of rotatable bonds is 17. The molecule has 0 aromatic heterocycles. The summed E-state index contributed by atoms with van der Waals surface area (Å²) >= 11 is 0. The normalized spacial score (nSPS) is 10.5. The zero-order valence-corrected chi connectivity index (χ0v) is 20.4. The fourth-order valence-corrected chi connectivity index (χ4v) is 2.65. The Hall–Kier alpha value is 1.70. The number of allylic oxidation sites excluding steroid dienone is 2. The molecule has 0 aromatic rings. The number of unbranched alkanes of at least 4 members (excludes halogenated alkanes) is 14. The van der Waals surface area contributed by atoms with Gasteiger partial charge in [-0.1, -0.05) is 82.8 Å². The molecule has 1 N–H and O–H groups in total. The van der Waals surface area contributed by atoms with Crippen molar-refractivity contribution in [2.75, 3.05) is 6.54 Å². The summed E-state index contributed by atoms with van der Waals surface area (Å²) in [6.45, 7) is 4.49. The molecule has 0 aliphatic heterocycles. The fourth-order valence-electron chi connectivity index (χ4n) is 2.65. The van der Waals surface area contributed by atoms with Crippen molar-refractivity contribution in [1.29, 1.82) is 0 Å². The van der Waals surface area contributed by atoms with Gasteiger partial charge in [-0.15, -0.1) is 0 Å². The van der Waals surface area contributed by atoms with Crippen molar-refractivity contribution in [3.63, 3.8) is 0 Å². The van der Waals surface area contributed by atoms with E-state index >= 15 is 0 Å². The van der Waals surface area contributed by atoms with Gasteiger partial charge in [0.1, 0.15) is 0 Å². The van der Waals surface area contributed by atoms with Crippen LogP contribution >= 0.6 is 0 Å². The number of hydrogen-bond donors (Lipinski definition) is 0. The zero-order chi connectivity index (χ0) is 15.4. The first-order valence-corrected chi connectivity index (χ1v) is 9.50. The topological polar surface area (TPSA) is 23.8 Å². The van der Waals surface area contributed by atoms with Crippen LogP contribution in [0.15, 0.2) is 12.2 Å². The van der Waals surface area contributed by atoms with E-state index in [2.05, 4.69) is 19.1 Å². The average molecular weight is 340 g/mol. The van der Waals surface area contributed by atoms with Crippen LogP contribution in [0.1, 0.15) is 103 Å². The van der Waals surface area contributed by atoms with Crippen LogP contribution in [0.25, 0.3) is 5.73 Å². The van der Waals surface area contributed by atoms with Gasteiger partial charge < -0.3 is 12.7 Å². The summed E-state index contributed by atoms with van der Waals surface area (Å²) in [6, 6.07) is 0. The molecule has 126 valence electrons. The molecule has 0 unspecified atom stereocenters. The molecule has 0 saturated carbocycles. The molecule has 0 aliphatic carbocycles. The second kappa shape index (κ2) is 28.5. The van der Waals surface area contributed by atoms with Gasteiger partial charge in [0.25, 0.3) is 0 Å². The summed E-state index contributed by atoms with van der Waals surface area (Å²) in [5.41, 5.74) is 7.08. The van der Waals surface area contributed by atoms with Gasteiger partial charge in [0.15, 0.2) is 0 Å². The van der Waals surface area contributed by atoms with Crippen molar-refractivity contribution in [3.05, 3.63) is 24.8 Å². The second-order valence-corrected chi connectivity index (χ2v) is 6.25. The number of hydrogen-bond acceptors (Lipinski definition) is 0. The van der Waals surface area contributed by atoms with Crippen LogP contribution in [0, 0.1) is 6.92 Å². The first-order valence-electron chi connectivity index (χ1n) is 9.50. The second-order valence-electron chi connectivity index (χ2n) is 6.25. The average Bonchev–Trinajstić information content (AvgIpc) is 2.50. The smallest absolute Gasteiger partial charge is 0.677 e. The van der Waals surface area contributed by atoms with Gasteiger partial charge in [0, 0.05) is 0 Å². The van der Waals surface area contributed by atoms with Crippen LogP contribution in [-0.4, -0.2) is 6.54 Å². The van der Waals surface area contributed by atoms with E-state index in [1.807, 2.05) is 0 Å². The predicted octanol–water partition coefficient (Wildman–Crippen LogP) is 1.68. The molecular formula is C20H39NNa2. The van der Waals surface area contributed by atoms with Gasteiger partial charge >= 0.3 is 59.1 Å². The Bertz CT molecular complexity index is 208. The molecule has 0 radical (unpaired) electrons. The molecule has 0 spiro atoms. The SMILES string of the molecule is [CH2-]CCCCCCCCC/C=C\CCCCCCCC[NH-].[Na+].[Na+]. The van der Waals surface area contributed by atoms with E-state index in [1.54, 1.807) is 0 Å². The molecule has 23 heavy (non-hydrogen) atoms. The molecule has 1 nitrogen and oxygen atoms in total. The first kappa shape index (κ1) is 29.5. The summed E-state index contributed by atoms with van der Waals surface area (Å²) < 4.78 is 0. The van der Waals surface area contributed by atoms with Crippen LogP contribution in [0.4, 0.5) is 0 Å². The predicted molar refractivity (Wildman–Crippen MR) is 97.6 cm³/mol. The van der Waals surface area contributed by atoms with E-state index in [4.69, 9.17) is 5.73 Å². The Morgan fingerprint density at radius 3 is 1.26 bits per heavy atom. The zero-order valence-electron chi connectivity index (χ0n) is 16.4. The molecule has 0 heterocycles. The quantitative estimate of drug-likeness (QED) is 0.167. The molecule has 0 bridgehead atoms. The van der Waals surface area contributed by atoms with Crippen LogP contribution in [0.3, 0.4) is 0 Å². The Balaban J connectivity index is -0.00000200. The Labute approximate surface area is 191 Å². The molecule has 0 fully saturated rings. The van der Waals surface area contributed by atoms with Crippen molar-refractivity contribution in [1.82, 2.24) is 0 Å². The third-order valence-corrected chi connectivity index (χ3v) is 4.09. The molecule has 3 heteroatoms. The minimum absolute atomic E-state index is 0. The largest absolute Gasteiger partial charge is 1.00 e. The summed E-state index contributed by atoms with van der Waals surface area (Å²) in [5.74, 6) is 0. The van der Waals surface area contributed by atoms with Gasteiger partial charge in [-0.25, -0.2) is 0 Å². The number of nitrogens with one attached hydrogen (secondary N) is 1. The summed E-state index contributed by atoms with van der Waals surface area (Å²) in [7, 11) is 0. The molecule has 0 aromatic carbocycles. The summed E-state index contributed by atoms with van der Waals surface area (Å²) in [5, 5.41) is 0. The van der Waals surface area contributed by atoms with Gasteiger partial charge in [-0.3, -0.25) is 0 Å². The van der Waals surface area contributed by atoms with Crippen LogP contribution in [0.2, 0.25) is 0 Å². The van der Waals surface area contributed by atoms with E-state index in [0.29, 0.717) is 6.54 Å². The van der Waals surface area contributed by atoms with Gasteiger partial charge in [-0.2, -0.15) is 13.0 Å². The third kappa shape index (κ3) is 28.8.